The molecule has 92 valence electrons. The second-order valence-corrected chi connectivity index (χ2v) is 3.30. The van der Waals surface area contributed by atoms with Crippen LogP contribution in [0.3, 0.4) is 0 Å². The molecule has 1 aromatic rings. The molecule has 0 fully saturated rings. The van der Waals surface area contributed by atoms with Gasteiger partial charge in [0.2, 0.25) is 0 Å². The number of anilines is 1. The summed E-state index contributed by atoms with van der Waals surface area (Å²) >= 11 is 0. The first kappa shape index (κ1) is 12.8. The lowest BCUT2D eigenvalue weighted by Gasteiger charge is -2.08. The number of carbonyl (C=O) groups is 2. The van der Waals surface area contributed by atoms with Crippen molar-refractivity contribution in [3.05, 3.63) is 23.8 Å². The standard InChI is InChI=1S/C11H13NO5/c1-2-5-17-11(16)12-8-6-7(10(14)15)3-4-9(8)13/h3-4,6,13H,2,5H2,1H3,(H,12,16)(H,14,15). The van der Waals surface area contributed by atoms with E-state index in [1.54, 1.807) is 0 Å². The van der Waals surface area contributed by atoms with Gasteiger partial charge in [0.05, 0.1) is 17.9 Å². The van der Waals surface area contributed by atoms with Crippen molar-refractivity contribution < 1.29 is 24.5 Å². The van der Waals surface area contributed by atoms with Gasteiger partial charge in [-0.05, 0) is 24.6 Å². The van der Waals surface area contributed by atoms with Crippen LogP contribution in [0, 0.1) is 0 Å². The Balaban J connectivity index is 2.79. The first-order valence-corrected chi connectivity index (χ1v) is 5.04. The lowest BCUT2D eigenvalue weighted by molar-refractivity contribution is 0.0696. The van der Waals surface area contributed by atoms with E-state index in [9.17, 15) is 14.7 Å². The molecule has 1 rings (SSSR count). The van der Waals surface area contributed by atoms with Crippen LogP contribution in [0.2, 0.25) is 0 Å². The Morgan fingerprint density at radius 2 is 2.12 bits per heavy atom. The zero-order chi connectivity index (χ0) is 12.8. The molecule has 0 saturated carbocycles. The maximum atomic E-state index is 11.2. The van der Waals surface area contributed by atoms with Gasteiger partial charge in [-0.3, -0.25) is 5.32 Å². The number of carboxylic acid groups (broad SMARTS) is 1. The number of benzene rings is 1. The number of aromatic hydroxyl groups is 1. The van der Waals surface area contributed by atoms with Crippen molar-refractivity contribution in [1.82, 2.24) is 0 Å². The highest BCUT2D eigenvalue weighted by Gasteiger charge is 2.10. The van der Waals surface area contributed by atoms with Crippen molar-refractivity contribution in [3.63, 3.8) is 0 Å². The topological polar surface area (TPSA) is 95.9 Å². The van der Waals surface area contributed by atoms with E-state index < -0.39 is 12.1 Å². The maximum absolute atomic E-state index is 11.2. The fourth-order valence-corrected chi connectivity index (χ4v) is 1.11. The van der Waals surface area contributed by atoms with Gasteiger partial charge in [0.15, 0.2) is 0 Å². The van der Waals surface area contributed by atoms with Crippen molar-refractivity contribution in [3.8, 4) is 5.75 Å². The van der Waals surface area contributed by atoms with Gasteiger partial charge in [0, 0.05) is 0 Å². The Hall–Kier alpha value is -2.24. The largest absolute Gasteiger partial charge is 0.506 e. The quantitative estimate of drug-likeness (QED) is 0.699. The summed E-state index contributed by atoms with van der Waals surface area (Å²) in [5.74, 6) is -1.36. The lowest BCUT2D eigenvalue weighted by Crippen LogP contribution is -2.14. The molecule has 0 aliphatic rings. The summed E-state index contributed by atoms with van der Waals surface area (Å²) < 4.78 is 4.74. The predicted molar refractivity (Wildman–Crippen MR) is 60.3 cm³/mol. The van der Waals surface area contributed by atoms with Crippen LogP contribution in [0.1, 0.15) is 23.7 Å². The fraction of sp³-hybridized carbons (Fsp3) is 0.273. The summed E-state index contributed by atoms with van der Waals surface area (Å²) in [5.41, 5.74) is -0.0282. The molecule has 0 saturated heterocycles. The number of hydrogen-bond donors (Lipinski definition) is 3. The molecule has 6 heteroatoms. The highest BCUT2D eigenvalue weighted by molar-refractivity contribution is 5.92. The molecule has 0 spiro atoms. The number of carboxylic acids is 1. The molecule has 0 heterocycles. The molecule has 0 bridgehead atoms. The normalized spacial score (nSPS) is 9.71. The summed E-state index contributed by atoms with van der Waals surface area (Å²) in [6.45, 7) is 2.10. The number of nitrogens with one attached hydrogen (secondary N) is 1. The van der Waals surface area contributed by atoms with Gasteiger partial charge in [0.25, 0.3) is 0 Å². The van der Waals surface area contributed by atoms with Crippen LogP contribution in [0.5, 0.6) is 5.75 Å². The van der Waals surface area contributed by atoms with Crippen LogP contribution in [0.25, 0.3) is 0 Å². The third kappa shape index (κ3) is 3.67. The number of phenols is 1. The van der Waals surface area contributed by atoms with E-state index >= 15 is 0 Å². The molecule has 1 amide bonds. The van der Waals surface area contributed by atoms with Gasteiger partial charge < -0.3 is 14.9 Å². The Labute approximate surface area is 97.8 Å². The molecule has 0 unspecified atom stereocenters. The number of phenolic OH excluding ortho intramolecular Hbond substituents is 1. The third-order valence-corrected chi connectivity index (χ3v) is 1.92. The number of amides is 1. The van der Waals surface area contributed by atoms with E-state index in [0.29, 0.717) is 6.42 Å². The summed E-state index contributed by atoms with van der Waals surface area (Å²) in [6, 6.07) is 3.59. The summed E-state index contributed by atoms with van der Waals surface area (Å²) in [5, 5.41) is 20.4. The van der Waals surface area contributed by atoms with Crippen molar-refractivity contribution >= 4 is 17.7 Å². The number of aromatic carboxylic acids is 1. The monoisotopic (exact) mass is 239 g/mol. The van der Waals surface area contributed by atoms with Gasteiger partial charge in [-0.15, -0.1) is 0 Å². The molecular formula is C11H13NO5. The van der Waals surface area contributed by atoms with E-state index in [1.807, 2.05) is 6.92 Å². The maximum Gasteiger partial charge on any atom is 0.411 e. The van der Waals surface area contributed by atoms with Gasteiger partial charge in [-0.25, -0.2) is 9.59 Å². The Bertz CT molecular complexity index is 430. The summed E-state index contributed by atoms with van der Waals surface area (Å²) in [4.78, 5) is 21.9. The molecular weight excluding hydrogens is 226 g/mol. The van der Waals surface area contributed by atoms with Crippen molar-refractivity contribution in [2.24, 2.45) is 0 Å². The second kappa shape index (κ2) is 5.74. The summed E-state index contributed by atoms with van der Waals surface area (Å²) in [6.07, 6.45) is -0.0566. The Morgan fingerprint density at radius 3 is 2.71 bits per heavy atom. The number of rotatable bonds is 4. The first-order chi connectivity index (χ1) is 8.04. The molecule has 0 aliphatic heterocycles. The summed E-state index contributed by atoms with van der Waals surface area (Å²) in [7, 11) is 0. The van der Waals surface area contributed by atoms with Crippen LogP contribution in [-0.4, -0.2) is 28.9 Å². The van der Waals surface area contributed by atoms with Gasteiger partial charge >= 0.3 is 12.1 Å². The van der Waals surface area contributed by atoms with Crippen LogP contribution in [-0.2, 0) is 4.74 Å². The van der Waals surface area contributed by atoms with E-state index in [-0.39, 0.29) is 23.6 Å². The number of hydrogen-bond acceptors (Lipinski definition) is 4. The first-order valence-electron chi connectivity index (χ1n) is 5.04. The average Bonchev–Trinajstić information content (AvgIpc) is 2.29. The van der Waals surface area contributed by atoms with Crippen LogP contribution in [0.15, 0.2) is 18.2 Å². The molecule has 0 atom stereocenters. The van der Waals surface area contributed by atoms with Crippen LogP contribution in [0.4, 0.5) is 10.5 Å². The Morgan fingerprint density at radius 1 is 1.41 bits per heavy atom. The van der Waals surface area contributed by atoms with Gasteiger partial charge in [-0.2, -0.15) is 0 Å². The van der Waals surface area contributed by atoms with Gasteiger partial charge in [0.1, 0.15) is 5.75 Å². The minimum Gasteiger partial charge on any atom is -0.506 e. The van der Waals surface area contributed by atoms with E-state index in [0.717, 1.165) is 6.07 Å². The van der Waals surface area contributed by atoms with E-state index in [1.165, 1.54) is 12.1 Å². The van der Waals surface area contributed by atoms with E-state index in [2.05, 4.69) is 5.32 Å². The molecule has 0 aromatic heterocycles. The lowest BCUT2D eigenvalue weighted by atomic mass is 10.2. The molecule has 17 heavy (non-hydrogen) atoms. The molecule has 6 nitrogen and oxygen atoms in total. The zero-order valence-electron chi connectivity index (χ0n) is 9.27. The van der Waals surface area contributed by atoms with Crippen molar-refractivity contribution in [2.75, 3.05) is 11.9 Å². The average molecular weight is 239 g/mol. The molecule has 0 aliphatic carbocycles. The smallest absolute Gasteiger partial charge is 0.411 e. The van der Waals surface area contributed by atoms with Crippen LogP contribution < -0.4 is 5.32 Å². The minimum absolute atomic E-state index is 0.00556. The molecule has 3 N–H and O–H groups in total. The number of ether oxygens (including phenoxy) is 1. The highest BCUT2D eigenvalue weighted by atomic mass is 16.5. The Kier molecular flexibility index (Phi) is 4.33. The van der Waals surface area contributed by atoms with Gasteiger partial charge in [-0.1, -0.05) is 6.92 Å². The highest BCUT2D eigenvalue weighted by Crippen LogP contribution is 2.24. The molecule has 0 radical (unpaired) electrons. The second-order valence-electron chi connectivity index (χ2n) is 3.30. The SMILES string of the molecule is CCCOC(=O)Nc1cc(C(=O)O)ccc1O. The molecule has 1 aromatic carbocycles. The fourth-order valence-electron chi connectivity index (χ4n) is 1.11. The third-order valence-electron chi connectivity index (χ3n) is 1.92. The predicted octanol–water partition coefficient (Wildman–Crippen LogP) is 2.05. The van der Waals surface area contributed by atoms with Crippen molar-refractivity contribution in [1.29, 1.82) is 0 Å². The van der Waals surface area contributed by atoms with Crippen molar-refractivity contribution in [2.45, 2.75) is 13.3 Å². The van der Waals surface area contributed by atoms with E-state index in [4.69, 9.17) is 9.84 Å². The van der Waals surface area contributed by atoms with Crippen LogP contribution >= 0.6 is 0 Å². The number of carbonyl (C=O) groups excluding carboxylic acids is 1. The minimum atomic E-state index is -1.14. The zero-order valence-corrected chi connectivity index (χ0v) is 9.27.